The molecular formula is C12H19FO. The molecule has 0 saturated heterocycles. The molecule has 3 aliphatic rings. The number of carbonyl (C=O) groups excluding carboxylic acids is 1. The van der Waals surface area contributed by atoms with Crippen LogP contribution in [0.3, 0.4) is 0 Å². The summed E-state index contributed by atoms with van der Waals surface area (Å²) in [6.45, 7) is 3.92. The first-order valence-corrected chi connectivity index (χ1v) is 5.71. The van der Waals surface area contributed by atoms with Crippen LogP contribution < -0.4 is 0 Å². The molecule has 3 saturated carbocycles. The van der Waals surface area contributed by atoms with Gasteiger partial charge >= 0.3 is 0 Å². The van der Waals surface area contributed by atoms with Gasteiger partial charge in [-0.3, -0.25) is 4.79 Å². The highest BCUT2D eigenvalue weighted by molar-refractivity contribution is 5.86. The summed E-state index contributed by atoms with van der Waals surface area (Å²) < 4.78 is 13.9. The van der Waals surface area contributed by atoms with Crippen molar-refractivity contribution in [3.05, 3.63) is 0 Å². The minimum Gasteiger partial charge on any atom is -0.299 e. The Balaban J connectivity index is 2.16. The molecule has 1 nitrogen and oxygen atoms in total. The predicted octanol–water partition coefficient (Wildman–Crippen LogP) is 3.27. The first-order chi connectivity index (χ1) is 6.48. The summed E-state index contributed by atoms with van der Waals surface area (Å²) in [5.41, 5.74) is -1.05. The maximum atomic E-state index is 13.9. The summed E-state index contributed by atoms with van der Waals surface area (Å²) in [5.74, 6) is 0.486. The van der Waals surface area contributed by atoms with Crippen molar-refractivity contribution < 1.29 is 9.18 Å². The number of carbonyl (C=O) groups is 1. The topological polar surface area (TPSA) is 17.1 Å². The smallest absolute Gasteiger partial charge is 0.141 e. The van der Waals surface area contributed by atoms with Gasteiger partial charge in [-0.15, -0.1) is 0 Å². The zero-order valence-electron chi connectivity index (χ0n) is 9.11. The van der Waals surface area contributed by atoms with Gasteiger partial charge in [0.1, 0.15) is 11.5 Å². The molecule has 0 heterocycles. The van der Waals surface area contributed by atoms with Gasteiger partial charge in [0.25, 0.3) is 0 Å². The van der Waals surface area contributed by atoms with Crippen molar-refractivity contribution in [2.75, 3.05) is 0 Å². The van der Waals surface area contributed by atoms with E-state index in [-0.39, 0.29) is 11.3 Å². The Bertz CT molecular complexity index is 233. The van der Waals surface area contributed by atoms with E-state index >= 15 is 0 Å². The molecule has 0 unspecified atom stereocenters. The van der Waals surface area contributed by atoms with Gasteiger partial charge in [-0.2, -0.15) is 0 Å². The number of hydrogen-bond acceptors (Lipinski definition) is 1. The summed E-state index contributed by atoms with van der Waals surface area (Å²) in [5, 5.41) is 0. The van der Waals surface area contributed by atoms with Crippen molar-refractivity contribution in [2.45, 2.75) is 58.0 Å². The fraction of sp³-hybridized carbons (Fsp3) is 0.917. The van der Waals surface area contributed by atoms with Crippen LogP contribution in [0.25, 0.3) is 0 Å². The predicted molar refractivity (Wildman–Crippen MR) is 53.8 cm³/mol. The second-order valence-corrected chi connectivity index (χ2v) is 5.45. The van der Waals surface area contributed by atoms with Crippen molar-refractivity contribution >= 4 is 5.78 Å². The highest BCUT2D eigenvalue weighted by atomic mass is 19.1. The lowest BCUT2D eigenvalue weighted by molar-refractivity contribution is -0.142. The van der Waals surface area contributed by atoms with Gasteiger partial charge in [-0.25, -0.2) is 4.39 Å². The number of halogens is 1. The number of alkyl halides is 1. The standard InChI is InChI=1S/C12H19FO/c1-9(2)10(14)11-3-6-12(13,7-4-11)8-5-11/h9H,3-8H2,1-2H3. The Morgan fingerprint density at radius 2 is 1.50 bits per heavy atom. The lowest BCUT2D eigenvalue weighted by atomic mass is 9.56. The Morgan fingerprint density at radius 3 is 1.86 bits per heavy atom. The lowest BCUT2D eigenvalue weighted by Crippen LogP contribution is -2.48. The van der Waals surface area contributed by atoms with Gasteiger partial charge in [0, 0.05) is 11.3 Å². The molecular weight excluding hydrogens is 179 g/mol. The molecule has 0 aromatic rings. The summed E-state index contributed by atoms with van der Waals surface area (Å²) >= 11 is 0. The lowest BCUT2D eigenvalue weighted by Gasteiger charge is -2.49. The molecule has 80 valence electrons. The molecule has 2 bridgehead atoms. The molecule has 0 N–H and O–H groups in total. The SMILES string of the molecule is CC(C)C(=O)C12CCC(F)(CC1)CC2. The minimum absolute atomic E-state index is 0.111. The zero-order valence-corrected chi connectivity index (χ0v) is 9.11. The summed E-state index contributed by atoms with van der Waals surface area (Å²) in [7, 11) is 0. The third-order valence-electron chi connectivity index (χ3n) is 4.20. The third kappa shape index (κ3) is 1.39. The summed E-state index contributed by atoms with van der Waals surface area (Å²) in [6, 6.07) is 0. The van der Waals surface area contributed by atoms with Crippen molar-refractivity contribution in [1.82, 2.24) is 0 Å². The second kappa shape index (κ2) is 3.04. The van der Waals surface area contributed by atoms with Gasteiger partial charge in [-0.1, -0.05) is 13.8 Å². The maximum absolute atomic E-state index is 13.9. The molecule has 3 aliphatic carbocycles. The van der Waals surface area contributed by atoms with E-state index in [1.54, 1.807) is 0 Å². The fourth-order valence-electron chi connectivity index (χ4n) is 3.12. The summed E-state index contributed by atoms with van der Waals surface area (Å²) in [6.07, 6.45) is 4.23. The van der Waals surface area contributed by atoms with Crippen LogP contribution in [-0.4, -0.2) is 11.5 Å². The Morgan fingerprint density at radius 1 is 1.07 bits per heavy atom. The Kier molecular flexibility index (Phi) is 2.20. The van der Waals surface area contributed by atoms with Gasteiger partial charge in [0.2, 0.25) is 0 Å². The van der Waals surface area contributed by atoms with E-state index in [1.807, 2.05) is 13.8 Å². The fourth-order valence-corrected chi connectivity index (χ4v) is 3.12. The van der Waals surface area contributed by atoms with E-state index in [1.165, 1.54) is 0 Å². The van der Waals surface area contributed by atoms with Gasteiger partial charge < -0.3 is 0 Å². The maximum Gasteiger partial charge on any atom is 0.141 e. The average molecular weight is 198 g/mol. The first-order valence-electron chi connectivity index (χ1n) is 5.71. The number of fused-ring (bicyclic) bond motifs is 3. The van der Waals surface area contributed by atoms with Crippen LogP contribution in [0.2, 0.25) is 0 Å². The Labute approximate surface area is 85.1 Å². The van der Waals surface area contributed by atoms with E-state index in [0.717, 1.165) is 19.3 Å². The van der Waals surface area contributed by atoms with Crippen LogP contribution in [0.5, 0.6) is 0 Å². The van der Waals surface area contributed by atoms with Gasteiger partial charge in [-0.05, 0) is 38.5 Å². The molecule has 0 aromatic carbocycles. The van der Waals surface area contributed by atoms with E-state index in [9.17, 15) is 9.18 Å². The van der Waals surface area contributed by atoms with E-state index < -0.39 is 5.67 Å². The molecule has 0 radical (unpaired) electrons. The molecule has 0 amide bonds. The number of Topliss-reactive ketones (excluding diaryl/α,β-unsaturated/α-hetero) is 1. The van der Waals surface area contributed by atoms with E-state index in [2.05, 4.69) is 0 Å². The quantitative estimate of drug-likeness (QED) is 0.665. The molecule has 0 aliphatic heterocycles. The third-order valence-corrected chi connectivity index (χ3v) is 4.20. The van der Waals surface area contributed by atoms with Crippen LogP contribution in [0.1, 0.15) is 52.4 Å². The van der Waals surface area contributed by atoms with Crippen LogP contribution in [0.15, 0.2) is 0 Å². The van der Waals surface area contributed by atoms with Crippen LogP contribution in [0, 0.1) is 11.3 Å². The van der Waals surface area contributed by atoms with Crippen LogP contribution in [-0.2, 0) is 4.79 Å². The molecule has 0 aromatic heterocycles. The molecule has 3 fully saturated rings. The Hall–Kier alpha value is -0.400. The molecule has 0 atom stereocenters. The van der Waals surface area contributed by atoms with E-state index in [4.69, 9.17) is 0 Å². The summed E-state index contributed by atoms with van der Waals surface area (Å²) in [4.78, 5) is 12.1. The first kappa shape index (κ1) is 10.1. The highest BCUT2D eigenvalue weighted by Crippen LogP contribution is 2.55. The van der Waals surface area contributed by atoms with Crippen LogP contribution in [0.4, 0.5) is 4.39 Å². The molecule has 14 heavy (non-hydrogen) atoms. The van der Waals surface area contributed by atoms with Crippen molar-refractivity contribution in [2.24, 2.45) is 11.3 Å². The molecule has 2 heteroatoms. The number of hydrogen-bond donors (Lipinski definition) is 0. The average Bonchev–Trinajstić information content (AvgIpc) is 2.18. The molecule has 3 rings (SSSR count). The van der Waals surface area contributed by atoms with Crippen molar-refractivity contribution in [1.29, 1.82) is 0 Å². The molecule has 0 spiro atoms. The number of rotatable bonds is 2. The normalized spacial score (nSPS) is 41.7. The zero-order chi connectivity index (χ0) is 10.4. The largest absolute Gasteiger partial charge is 0.299 e. The van der Waals surface area contributed by atoms with Gasteiger partial charge in [0.15, 0.2) is 0 Å². The van der Waals surface area contributed by atoms with Crippen molar-refractivity contribution in [3.63, 3.8) is 0 Å². The van der Waals surface area contributed by atoms with Crippen molar-refractivity contribution in [3.8, 4) is 0 Å². The highest BCUT2D eigenvalue weighted by Gasteiger charge is 2.52. The minimum atomic E-state index is -0.918. The van der Waals surface area contributed by atoms with E-state index in [0.29, 0.717) is 25.0 Å². The monoisotopic (exact) mass is 198 g/mol. The van der Waals surface area contributed by atoms with Gasteiger partial charge in [0.05, 0.1) is 0 Å². The number of ketones is 1. The van der Waals surface area contributed by atoms with Crippen LogP contribution >= 0.6 is 0 Å². The second-order valence-electron chi connectivity index (χ2n) is 5.45.